The molecule has 7 heteroatoms. The molecule has 142 valence electrons. The van der Waals surface area contributed by atoms with Crippen LogP contribution in [0, 0.1) is 0 Å². The van der Waals surface area contributed by atoms with E-state index in [-0.39, 0.29) is 0 Å². The van der Waals surface area contributed by atoms with E-state index in [0.29, 0.717) is 30.6 Å². The first-order valence-corrected chi connectivity index (χ1v) is 10.2. The molecule has 1 amide bonds. The molecule has 1 aromatic rings. The quantitative estimate of drug-likeness (QED) is 0.660. The smallest absolute Gasteiger partial charge is 0.412 e. The molecular weight excluding hydrogens is 341 g/mol. The van der Waals surface area contributed by atoms with Crippen LogP contribution in [0.1, 0.15) is 53.5 Å². The summed E-state index contributed by atoms with van der Waals surface area (Å²) >= 11 is 0. The highest BCUT2D eigenvalue weighted by Crippen LogP contribution is 2.48. The number of carbonyl (C=O) groups is 1. The molecule has 0 fully saturated rings. The van der Waals surface area contributed by atoms with Crippen molar-refractivity contribution in [2.24, 2.45) is 0 Å². The lowest BCUT2D eigenvalue weighted by Crippen LogP contribution is -2.27. The van der Waals surface area contributed by atoms with E-state index in [1.807, 2.05) is 6.92 Å². The minimum Gasteiger partial charge on any atom is -0.444 e. The van der Waals surface area contributed by atoms with E-state index in [0.717, 1.165) is 12.0 Å². The van der Waals surface area contributed by atoms with Crippen LogP contribution >= 0.6 is 7.60 Å². The Balaban J connectivity index is 3.14. The Morgan fingerprint density at radius 1 is 1.12 bits per heavy atom. The summed E-state index contributed by atoms with van der Waals surface area (Å²) in [4.78, 5) is 11.9. The molecule has 1 rings (SSSR count). The lowest BCUT2D eigenvalue weighted by atomic mass is 10.1. The minimum atomic E-state index is -3.37. The summed E-state index contributed by atoms with van der Waals surface area (Å²) in [5.74, 6) is 0. The summed E-state index contributed by atoms with van der Waals surface area (Å²) < 4.78 is 29.2. The fourth-order valence-corrected chi connectivity index (χ4v) is 4.16. The first kappa shape index (κ1) is 21.7. The van der Waals surface area contributed by atoms with Gasteiger partial charge in [-0.05, 0) is 64.8 Å². The molecule has 0 aliphatic carbocycles. The minimum absolute atomic E-state index is 0.292. The number of ether oxygens (including phenoxy) is 1. The number of benzene rings is 1. The van der Waals surface area contributed by atoms with Crippen LogP contribution in [0.3, 0.4) is 0 Å². The van der Waals surface area contributed by atoms with Crippen LogP contribution < -0.4 is 10.6 Å². The third-order valence-electron chi connectivity index (χ3n) is 3.14. The standard InChI is InChI=1S/C18H30NO5P/c1-7-10-14-13-15(19-17(20)24-18(4,5)6)11-12-16(14)25(21,22-8-2)23-9-3/h11-13H,7-10H2,1-6H3,(H,19,20). The zero-order chi connectivity index (χ0) is 19.1. The highest BCUT2D eigenvalue weighted by molar-refractivity contribution is 7.62. The molecule has 6 nitrogen and oxygen atoms in total. The second kappa shape index (κ2) is 9.37. The number of nitrogens with one attached hydrogen (secondary N) is 1. The molecule has 0 aromatic heterocycles. The van der Waals surface area contributed by atoms with Crippen molar-refractivity contribution in [3.8, 4) is 0 Å². The molecule has 1 N–H and O–H groups in total. The average Bonchev–Trinajstić information content (AvgIpc) is 2.46. The second-order valence-corrected chi connectivity index (χ2v) is 8.55. The van der Waals surface area contributed by atoms with E-state index < -0.39 is 19.3 Å². The Kier molecular flexibility index (Phi) is 8.13. The maximum atomic E-state index is 13.1. The largest absolute Gasteiger partial charge is 0.444 e. The molecule has 0 radical (unpaired) electrons. The van der Waals surface area contributed by atoms with E-state index in [1.54, 1.807) is 52.8 Å². The lowest BCUT2D eigenvalue weighted by Gasteiger charge is -2.22. The van der Waals surface area contributed by atoms with Crippen LogP contribution in [0.4, 0.5) is 10.5 Å². The van der Waals surface area contributed by atoms with Crippen LogP contribution in [0.15, 0.2) is 18.2 Å². The molecule has 0 aliphatic heterocycles. The molecule has 1 aromatic carbocycles. The maximum Gasteiger partial charge on any atom is 0.412 e. The Labute approximate surface area is 150 Å². The van der Waals surface area contributed by atoms with Crippen LogP contribution in [0.25, 0.3) is 0 Å². The average molecular weight is 371 g/mol. The predicted molar refractivity (Wildman–Crippen MR) is 101 cm³/mol. The van der Waals surface area contributed by atoms with Crippen LogP contribution in [0.2, 0.25) is 0 Å². The molecule has 0 bridgehead atoms. The summed E-state index contributed by atoms with van der Waals surface area (Å²) in [7, 11) is -3.37. The van der Waals surface area contributed by atoms with E-state index in [2.05, 4.69) is 5.32 Å². The summed E-state index contributed by atoms with van der Waals surface area (Å²) in [5.41, 5.74) is 0.845. The highest BCUT2D eigenvalue weighted by atomic mass is 31.2. The topological polar surface area (TPSA) is 73.9 Å². The van der Waals surface area contributed by atoms with E-state index >= 15 is 0 Å². The molecule has 0 saturated carbocycles. The Bertz CT molecular complexity index is 614. The third-order valence-corrected chi connectivity index (χ3v) is 5.36. The van der Waals surface area contributed by atoms with Gasteiger partial charge in [-0.25, -0.2) is 4.79 Å². The molecule has 25 heavy (non-hydrogen) atoms. The van der Waals surface area contributed by atoms with Crippen molar-refractivity contribution >= 4 is 24.7 Å². The van der Waals surface area contributed by atoms with Crippen molar-refractivity contribution in [1.82, 2.24) is 0 Å². The van der Waals surface area contributed by atoms with Crippen molar-refractivity contribution in [2.45, 2.75) is 60.0 Å². The maximum absolute atomic E-state index is 13.1. The SMILES string of the molecule is CCCc1cc(NC(=O)OC(C)(C)C)ccc1P(=O)(OCC)OCC. The zero-order valence-corrected chi connectivity index (χ0v) is 16.9. The van der Waals surface area contributed by atoms with Gasteiger partial charge < -0.3 is 13.8 Å². The number of hydrogen-bond acceptors (Lipinski definition) is 5. The van der Waals surface area contributed by atoms with Gasteiger partial charge >= 0.3 is 13.7 Å². The zero-order valence-electron chi connectivity index (χ0n) is 16.0. The Morgan fingerprint density at radius 3 is 2.20 bits per heavy atom. The molecule has 0 aliphatic rings. The molecule has 0 atom stereocenters. The second-order valence-electron chi connectivity index (χ2n) is 6.55. The molecule has 0 heterocycles. The number of carbonyl (C=O) groups excluding carboxylic acids is 1. The summed E-state index contributed by atoms with van der Waals surface area (Å²) in [6.45, 7) is 11.6. The first-order valence-electron chi connectivity index (χ1n) is 8.67. The summed E-state index contributed by atoms with van der Waals surface area (Å²) in [6.07, 6.45) is 1.03. The van der Waals surface area contributed by atoms with Crippen molar-refractivity contribution in [3.63, 3.8) is 0 Å². The van der Waals surface area contributed by atoms with Gasteiger partial charge in [0, 0.05) is 5.69 Å². The summed E-state index contributed by atoms with van der Waals surface area (Å²) in [5, 5.41) is 3.26. The van der Waals surface area contributed by atoms with Crippen molar-refractivity contribution in [1.29, 1.82) is 0 Å². The molecular formula is C18H30NO5P. The number of anilines is 1. The molecule has 0 unspecified atom stereocenters. The normalized spacial score (nSPS) is 12.1. The van der Waals surface area contributed by atoms with Gasteiger partial charge in [0.05, 0.1) is 18.5 Å². The van der Waals surface area contributed by atoms with Crippen LogP contribution in [-0.4, -0.2) is 24.9 Å². The van der Waals surface area contributed by atoms with E-state index in [4.69, 9.17) is 13.8 Å². The fraction of sp³-hybridized carbons (Fsp3) is 0.611. The van der Waals surface area contributed by atoms with Gasteiger partial charge in [0.2, 0.25) is 0 Å². The number of amides is 1. The summed E-state index contributed by atoms with van der Waals surface area (Å²) in [6, 6.07) is 5.18. The number of hydrogen-bond donors (Lipinski definition) is 1. The predicted octanol–water partition coefficient (Wildman–Crippen LogP) is 4.88. The first-order chi connectivity index (χ1) is 11.6. The Morgan fingerprint density at radius 2 is 1.72 bits per heavy atom. The van der Waals surface area contributed by atoms with Gasteiger partial charge in [0.1, 0.15) is 5.60 Å². The van der Waals surface area contributed by atoms with Crippen molar-refractivity contribution in [2.75, 3.05) is 18.5 Å². The van der Waals surface area contributed by atoms with Crippen molar-refractivity contribution in [3.05, 3.63) is 23.8 Å². The van der Waals surface area contributed by atoms with Gasteiger partial charge in [0.15, 0.2) is 0 Å². The van der Waals surface area contributed by atoms with Crippen LogP contribution in [-0.2, 0) is 24.8 Å². The van der Waals surface area contributed by atoms with Gasteiger partial charge in [-0.3, -0.25) is 9.88 Å². The third kappa shape index (κ3) is 6.81. The van der Waals surface area contributed by atoms with Gasteiger partial charge in [-0.15, -0.1) is 0 Å². The van der Waals surface area contributed by atoms with E-state index in [1.165, 1.54) is 0 Å². The fourth-order valence-electron chi connectivity index (χ4n) is 2.34. The Hall–Kier alpha value is -1.36. The van der Waals surface area contributed by atoms with Gasteiger partial charge in [-0.2, -0.15) is 0 Å². The van der Waals surface area contributed by atoms with Gasteiger partial charge in [0.25, 0.3) is 0 Å². The molecule has 0 spiro atoms. The lowest BCUT2D eigenvalue weighted by molar-refractivity contribution is 0.0636. The molecule has 0 saturated heterocycles. The van der Waals surface area contributed by atoms with Crippen LogP contribution in [0.5, 0.6) is 0 Å². The number of aryl methyl sites for hydroxylation is 1. The monoisotopic (exact) mass is 371 g/mol. The van der Waals surface area contributed by atoms with Gasteiger partial charge in [-0.1, -0.05) is 13.3 Å². The van der Waals surface area contributed by atoms with E-state index in [9.17, 15) is 9.36 Å². The van der Waals surface area contributed by atoms with Crippen molar-refractivity contribution < 1.29 is 23.1 Å². The number of rotatable bonds is 8. The highest BCUT2D eigenvalue weighted by Gasteiger charge is 2.29.